The molecule has 1 aromatic carbocycles. The molecule has 1 aliphatic heterocycles. The highest BCUT2D eigenvalue weighted by atomic mass is 35.5. The maximum atomic E-state index is 11.0. The van der Waals surface area contributed by atoms with Crippen molar-refractivity contribution in [3.8, 4) is 0 Å². The molecule has 3 atom stereocenters. The molecule has 1 saturated heterocycles. The number of nitrogens with one attached hydrogen (secondary N) is 3. The second-order valence-electron chi connectivity index (χ2n) is 6.24. The maximum Gasteiger partial charge on any atom is 0.221 e. The van der Waals surface area contributed by atoms with Crippen LogP contribution in [0.1, 0.15) is 26.2 Å². The van der Waals surface area contributed by atoms with E-state index in [1.807, 2.05) is 24.3 Å². The highest BCUT2D eigenvalue weighted by Gasteiger charge is 2.34. The molecule has 128 valence electrons. The summed E-state index contributed by atoms with van der Waals surface area (Å²) in [5, 5.41) is 10.0. The van der Waals surface area contributed by atoms with Gasteiger partial charge in [0.25, 0.3) is 0 Å². The van der Waals surface area contributed by atoms with E-state index in [0.717, 1.165) is 31.1 Å². The van der Waals surface area contributed by atoms with Gasteiger partial charge in [0.15, 0.2) is 0 Å². The lowest BCUT2D eigenvalue weighted by Gasteiger charge is -2.33. The van der Waals surface area contributed by atoms with E-state index in [9.17, 15) is 4.79 Å². The predicted molar refractivity (Wildman–Crippen MR) is 95.4 cm³/mol. The van der Waals surface area contributed by atoms with Gasteiger partial charge in [0.05, 0.1) is 13.2 Å². The van der Waals surface area contributed by atoms with Crippen LogP contribution in [-0.4, -0.2) is 37.7 Å². The minimum absolute atomic E-state index is 0. The zero-order valence-corrected chi connectivity index (χ0v) is 14.3. The molecule has 0 radical (unpaired) electrons. The first kappa shape index (κ1) is 18.0. The maximum absolute atomic E-state index is 11.0. The summed E-state index contributed by atoms with van der Waals surface area (Å²) in [6.45, 7) is 4.13. The molecule has 0 spiro atoms. The first-order valence-corrected chi connectivity index (χ1v) is 8.18. The highest BCUT2D eigenvalue weighted by molar-refractivity contribution is 5.88. The van der Waals surface area contributed by atoms with Crippen LogP contribution < -0.4 is 16.0 Å². The van der Waals surface area contributed by atoms with Gasteiger partial charge in [-0.15, -0.1) is 12.4 Å². The van der Waals surface area contributed by atoms with E-state index < -0.39 is 0 Å². The fourth-order valence-corrected chi connectivity index (χ4v) is 3.58. The third-order valence-electron chi connectivity index (χ3n) is 4.59. The topological polar surface area (TPSA) is 62.4 Å². The lowest BCUT2D eigenvalue weighted by molar-refractivity contribution is -0.114. The summed E-state index contributed by atoms with van der Waals surface area (Å²) in [5.74, 6) is 0.579. The Morgan fingerprint density at radius 1 is 1.22 bits per heavy atom. The summed E-state index contributed by atoms with van der Waals surface area (Å²) in [6.07, 6.45) is 3.73. The third kappa shape index (κ3) is 4.83. The molecular weight excluding hydrogens is 314 g/mol. The summed E-state index contributed by atoms with van der Waals surface area (Å²) in [6, 6.07) is 8.90. The molecule has 2 fully saturated rings. The van der Waals surface area contributed by atoms with Crippen LogP contribution in [0.5, 0.6) is 0 Å². The van der Waals surface area contributed by atoms with Gasteiger partial charge >= 0.3 is 0 Å². The van der Waals surface area contributed by atoms with Gasteiger partial charge < -0.3 is 20.7 Å². The number of anilines is 2. The Morgan fingerprint density at radius 2 is 1.96 bits per heavy atom. The Hall–Kier alpha value is -1.30. The van der Waals surface area contributed by atoms with Crippen LogP contribution in [0.25, 0.3) is 0 Å². The van der Waals surface area contributed by atoms with Crippen LogP contribution in [0.2, 0.25) is 0 Å². The fraction of sp³-hybridized carbons (Fsp3) is 0.588. The van der Waals surface area contributed by atoms with Crippen LogP contribution in [0.3, 0.4) is 0 Å². The van der Waals surface area contributed by atoms with Crippen LogP contribution in [0.15, 0.2) is 24.3 Å². The number of carbonyl (C=O) groups excluding carboxylic acids is 1. The zero-order valence-electron chi connectivity index (χ0n) is 13.5. The van der Waals surface area contributed by atoms with Gasteiger partial charge in [-0.1, -0.05) is 6.42 Å². The monoisotopic (exact) mass is 339 g/mol. The lowest BCUT2D eigenvalue weighted by Crippen LogP contribution is -2.49. The smallest absolute Gasteiger partial charge is 0.221 e. The quantitative estimate of drug-likeness (QED) is 0.789. The van der Waals surface area contributed by atoms with Crippen molar-refractivity contribution in [2.24, 2.45) is 5.92 Å². The molecule has 6 heteroatoms. The van der Waals surface area contributed by atoms with Crippen LogP contribution in [0.4, 0.5) is 11.4 Å². The summed E-state index contributed by atoms with van der Waals surface area (Å²) in [4.78, 5) is 11.0. The van der Waals surface area contributed by atoms with E-state index in [1.54, 1.807) is 0 Å². The SMILES string of the molecule is CC(=O)Nc1ccc(NC2CCCC2C2COCCN2)cc1.Cl. The van der Waals surface area contributed by atoms with Crippen molar-refractivity contribution in [1.29, 1.82) is 0 Å². The highest BCUT2D eigenvalue weighted by Crippen LogP contribution is 2.32. The molecule has 1 saturated carbocycles. The summed E-state index contributed by atoms with van der Waals surface area (Å²) in [5.41, 5.74) is 1.95. The Bertz CT molecular complexity index is 503. The number of rotatable bonds is 4. The molecule has 23 heavy (non-hydrogen) atoms. The van der Waals surface area contributed by atoms with Crippen molar-refractivity contribution in [1.82, 2.24) is 5.32 Å². The van der Waals surface area contributed by atoms with Crippen LogP contribution in [0, 0.1) is 5.92 Å². The van der Waals surface area contributed by atoms with Crippen molar-refractivity contribution in [2.75, 3.05) is 30.4 Å². The number of hydrogen-bond donors (Lipinski definition) is 3. The van der Waals surface area contributed by atoms with Crippen molar-refractivity contribution in [2.45, 2.75) is 38.3 Å². The van der Waals surface area contributed by atoms with Crippen molar-refractivity contribution in [3.05, 3.63) is 24.3 Å². The molecule has 1 heterocycles. The van der Waals surface area contributed by atoms with Crippen molar-refractivity contribution < 1.29 is 9.53 Å². The van der Waals surface area contributed by atoms with Gasteiger partial charge in [0.1, 0.15) is 0 Å². The largest absolute Gasteiger partial charge is 0.382 e. The van der Waals surface area contributed by atoms with E-state index >= 15 is 0 Å². The fourth-order valence-electron chi connectivity index (χ4n) is 3.58. The second-order valence-corrected chi connectivity index (χ2v) is 6.24. The zero-order chi connectivity index (χ0) is 15.4. The molecular formula is C17H26ClN3O2. The molecule has 5 nitrogen and oxygen atoms in total. The summed E-state index contributed by atoms with van der Waals surface area (Å²) >= 11 is 0. The van der Waals surface area contributed by atoms with Gasteiger partial charge in [-0.3, -0.25) is 4.79 Å². The first-order valence-electron chi connectivity index (χ1n) is 8.18. The van der Waals surface area contributed by atoms with Crippen molar-refractivity contribution in [3.63, 3.8) is 0 Å². The van der Waals surface area contributed by atoms with Gasteiger partial charge in [0, 0.05) is 36.9 Å². The Kier molecular flexibility index (Phi) is 6.69. The number of hydrogen-bond acceptors (Lipinski definition) is 4. The van der Waals surface area contributed by atoms with Gasteiger partial charge in [-0.25, -0.2) is 0 Å². The molecule has 0 aromatic heterocycles. The normalized spacial score (nSPS) is 27.1. The Balaban J connectivity index is 0.00000192. The Morgan fingerprint density at radius 3 is 2.61 bits per heavy atom. The van der Waals surface area contributed by atoms with E-state index in [4.69, 9.17) is 4.74 Å². The molecule has 0 bridgehead atoms. The number of morpholine rings is 1. The van der Waals surface area contributed by atoms with E-state index in [0.29, 0.717) is 18.0 Å². The minimum atomic E-state index is -0.0417. The average molecular weight is 340 g/mol. The minimum Gasteiger partial charge on any atom is -0.382 e. The summed E-state index contributed by atoms with van der Waals surface area (Å²) in [7, 11) is 0. The molecule has 3 unspecified atom stereocenters. The second kappa shape index (κ2) is 8.52. The summed E-state index contributed by atoms with van der Waals surface area (Å²) < 4.78 is 5.62. The standard InChI is InChI=1S/C17H25N3O2.ClH/c1-12(21)19-13-5-7-14(8-6-13)20-16-4-2-3-15(16)17-11-22-10-9-18-17;/h5-8,15-18,20H,2-4,9-11H2,1H3,(H,19,21);1H. The molecule has 3 N–H and O–H groups in total. The van der Waals surface area contributed by atoms with Crippen LogP contribution >= 0.6 is 12.4 Å². The van der Waals surface area contributed by atoms with E-state index in [2.05, 4.69) is 16.0 Å². The molecule has 1 aliphatic carbocycles. The van der Waals surface area contributed by atoms with Gasteiger partial charge in [0.2, 0.25) is 5.91 Å². The molecule has 1 amide bonds. The van der Waals surface area contributed by atoms with Gasteiger partial charge in [-0.2, -0.15) is 0 Å². The molecule has 2 aliphatic rings. The molecule has 3 rings (SSSR count). The van der Waals surface area contributed by atoms with Gasteiger partial charge in [-0.05, 0) is 43.0 Å². The number of carbonyl (C=O) groups is 1. The first-order chi connectivity index (χ1) is 10.7. The van der Waals surface area contributed by atoms with Crippen molar-refractivity contribution >= 4 is 29.7 Å². The lowest BCUT2D eigenvalue weighted by atomic mass is 9.94. The van der Waals surface area contributed by atoms with Crippen LogP contribution in [-0.2, 0) is 9.53 Å². The third-order valence-corrected chi connectivity index (χ3v) is 4.59. The number of amides is 1. The number of benzene rings is 1. The van der Waals surface area contributed by atoms with E-state index in [1.165, 1.54) is 26.2 Å². The predicted octanol–water partition coefficient (Wildman–Crippen LogP) is 2.64. The molecule has 1 aromatic rings. The number of ether oxygens (including phenoxy) is 1. The Labute approximate surface area is 144 Å². The average Bonchev–Trinajstić information content (AvgIpc) is 2.98. The number of halogens is 1. The van der Waals surface area contributed by atoms with E-state index in [-0.39, 0.29) is 18.3 Å².